The minimum Gasteiger partial charge on any atom is -0.377 e. The van der Waals surface area contributed by atoms with E-state index < -0.39 is 29.1 Å². The Morgan fingerprint density at radius 3 is 2.08 bits per heavy atom. The highest BCUT2D eigenvalue weighted by Gasteiger charge is 2.36. The molecule has 1 amide bonds. The van der Waals surface area contributed by atoms with E-state index in [1.54, 1.807) is 0 Å². The average molecular weight is 417 g/mol. The van der Waals surface area contributed by atoms with E-state index in [4.69, 9.17) is 26.8 Å². The molecule has 0 aromatic heterocycles. The molecule has 1 N–H and O–H groups in total. The van der Waals surface area contributed by atoms with Gasteiger partial charge in [-0.2, -0.15) is 0 Å². The maximum absolute atomic E-state index is 12.3. The summed E-state index contributed by atoms with van der Waals surface area (Å²) in [6.45, 7) is 0.768. The molecule has 0 heterocycles. The number of nitrogens with zero attached hydrogens (tertiary/aromatic N) is 1. The SMILES string of the molecule is CO[Si](CCCNC(=O)COP(=O)(OC)OCC[N+](C)(C)C)(OC)OC. The summed E-state index contributed by atoms with van der Waals surface area (Å²) in [5.41, 5.74) is 0. The Balaban J connectivity index is 4.17. The van der Waals surface area contributed by atoms with Gasteiger partial charge in [-0.25, -0.2) is 4.57 Å². The van der Waals surface area contributed by atoms with Gasteiger partial charge in [-0.1, -0.05) is 0 Å². The van der Waals surface area contributed by atoms with Crippen molar-refractivity contribution in [3.8, 4) is 0 Å². The van der Waals surface area contributed by atoms with Crippen molar-refractivity contribution in [3.63, 3.8) is 0 Å². The van der Waals surface area contributed by atoms with Crippen molar-refractivity contribution in [2.75, 3.05) is 75.9 Å². The van der Waals surface area contributed by atoms with Crippen LogP contribution in [0.3, 0.4) is 0 Å². The van der Waals surface area contributed by atoms with Crippen LogP contribution in [0, 0.1) is 0 Å². The summed E-state index contributed by atoms with van der Waals surface area (Å²) in [6.07, 6.45) is 0.607. The maximum Gasteiger partial charge on any atom is 0.500 e. The fourth-order valence-electron chi connectivity index (χ4n) is 1.85. The molecule has 0 aliphatic rings. The molecule has 0 fully saturated rings. The third-order valence-electron chi connectivity index (χ3n) is 3.50. The van der Waals surface area contributed by atoms with E-state index in [1.807, 2.05) is 21.1 Å². The molecule has 1 atom stereocenters. The zero-order valence-electron chi connectivity index (χ0n) is 16.9. The second-order valence-electron chi connectivity index (χ2n) is 6.50. The topological polar surface area (TPSA) is 102 Å². The van der Waals surface area contributed by atoms with Crippen LogP contribution in [0.1, 0.15) is 6.42 Å². The normalized spacial score (nSPS) is 14.9. The highest BCUT2D eigenvalue weighted by molar-refractivity contribution is 7.48. The number of hydrogen-bond acceptors (Lipinski definition) is 8. The lowest BCUT2D eigenvalue weighted by atomic mass is 10.4. The van der Waals surface area contributed by atoms with E-state index in [2.05, 4.69) is 5.32 Å². The van der Waals surface area contributed by atoms with Crippen LogP contribution in [-0.2, 0) is 36.2 Å². The molecule has 0 aromatic rings. The van der Waals surface area contributed by atoms with Gasteiger partial charge in [-0.15, -0.1) is 0 Å². The lowest BCUT2D eigenvalue weighted by molar-refractivity contribution is -0.870. The number of nitrogens with one attached hydrogen (secondary N) is 1. The number of quaternary nitrogens is 1. The van der Waals surface area contributed by atoms with Gasteiger partial charge in [0.15, 0.2) is 0 Å². The van der Waals surface area contributed by atoms with Crippen LogP contribution >= 0.6 is 7.82 Å². The maximum atomic E-state index is 12.3. The fourth-order valence-corrected chi connectivity index (χ4v) is 4.43. The number of phosphoric ester groups is 1. The number of phosphoric acid groups is 1. The molecule has 0 aliphatic carbocycles. The van der Waals surface area contributed by atoms with Gasteiger partial charge in [-0.3, -0.25) is 18.4 Å². The Labute approximate surface area is 157 Å². The first-order valence-corrected chi connectivity index (χ1v) is 11.6. The first-order valence-electron chi connectivity index (χ1n) is 8.23. The van der Waals surface area contributed by atoms with Gasteiger partial charge in [0.25, 0.3) is 0 Å². The molecule has 0 spiro atoms. The molecule has 0 saturated carbocycles. The quantitative estimate of drug-likeness (QED) is 0.181. The number of rotatable bonds is 15. The zero-order chi connectivity index (χ0) is 20.3. The number of carbonyl (C=O) groups is 1. The molecule has 0 radical (unpaired) electrons. The number of amides is 1. The average Bonchev–Trinajstić information content (AvgIpc) is 2.60. The molecular weight excluding hydrogens is 383 g/mol. The Morgan fingerprint density at radius 2 is 1.62 bits per heavy atom. The van der Waals surface area contributed by atoms with E-state index in [-0.39, 0.29) is 6.61 Å². The van der Waals surface area contributed by atoms with Gasteiger partial charge in [0.05, 0.1) is 21.1 Å². The Hall–Kier alpha value is -0.363. The van der Waals surface area contributed by atoms with Crippen LogP contribution in [0.25, 0.3) is 0 Å². The van der Waals surface area contributed by atoms with Crippen molar-refractivity contribution >= 4 is 22.5 Å². The number of carbonyl (C=O) groups excluding carboxylic acids is 1. The summed E-state index contributed by atoms with van der Waals surface area (Å²) >= 11 is 0. The van der Waals surface area contributed by atoms with Crippen LogP contribution in [0.15, 0.2) is 0 Å². The van der Waals surface area contributed by atoms with Crippen LogP contribution in [0.4, 0.5) is 0 Å². The molecule has 1 unspecified atom stereocenters. The summed E-state index contributed by atoms with van der Waals surface area (Å²) in [5.74, 6) is -0.419. The lowest BCUT2D eigenvalue weighted by Crippen LogP contribution is -2.43. The minimum absolute atomic E-state index is 0.188. The summed E-state index contributed by atoms with van der Waals surface area (Å²) in [7, 11) is 5.36. The first kappa shape index (κ1) is 25.6. The van der Waals surface area contributed by atoms with Gasteiger partial charge < -0.3 is 23.1 Å². The van der Waals surface area contributed by atoms with Crippen molar-refractivity contribution < 1.29 is 40.7 Å². The molecule has 156 valence electrons. The van der Waals surface area contributed by atoms with E-state index in [9.17, 15) is 9.36 Å². The number of hydrogen-bond donors (Lipinski definition) is 1. The Morgan fingerprint density at radius 1 is 1.04 bits per heavy atom. The van der Waals surface area contributed by atoms with Crippen molar-refractivity contribution in [1.82, 2.24) is 5.32 Å². The molecule has 26 heavy (non-hydrogen) atoms. The monoisotopic (exact) mass is 417 g/mol. The molecule has 10 nitrogen and oxygen atoms in total. The Kier molecular flexibility index (Phi) is 12.0. The largest absolute Gasteiger partial charge is 0.500 e. The summed E-state index contributed by atoms with van der Waals surface area (Å²) in [4.78, 5) is 11.8. The number of likely N-dealkylation sites (N-methyl/N-ethyl adjacent to an activating group) is 1. The van der Waals surface area contributed by atoms with E-state index in [0.29, 0.717) is 30.0 Å². The summed E-state index contributed by atoms with van der Waals surface area (Å²) in [5, 5.41) is 2.66. The van der Waals surface area contributed by atoms with Gasteiger partial charge in [-0.05, 0) is 6.42 Å². The first-order chi connectivity index (χ1) is 12.1. The van der Waals surface area contributed by atoms with Gasteiger partial charge in [0.1, 0.15) is 19.8 Å². The van der Waals surface area contributed by atoms with E-state index in [1.165, 1.54) is 28.4 Å². The minimum atomic E-state index is -3.74. The Bertz CT molecular complexity index is 448. The third kappa shape index (κ3) is 10.7. The molecule has 0 aliphatic heterocycles. The molecule has 0 saturated heterocycles. The predicted molar refractivity (Wildman–Crippen MR) is 98.6 cm³/mol. The molecule has 0 aromatic carbocycles. The third-order valence-corrected chi connectivity index (χ3v) is 7.73. The van der Waals surface area contributed by atoms with Gasteiger partial charge in [0.2, 0.25) is 5.91 Å². The van der Waals surface area contributed by atoms with Crippen LogP contribution in [0.2, 0.25) is 6.04 Å². The van der Waals surface area contributed by atoms with Crippen molar-refractivity contribution in [2.45, 2.75) is 12.5 Å². The summed E-state index contributed by atoms with van der Waals surface area (Å²) in [6, 6.07) is 0.558. The van der Waals surface area contributed by atoms with Crippen LogP contribution < -0.4 is 5.32 Å². The van der Waals surface area contributed by atoms with E-state index >= 15 is 0 Å². The van der Waals surface area contributed by atoms with Crippen molar-refractivity contribution in [1.29, 1.82) is 0 Å². The summed E-state index contributed by atoms with van der Waals surface area (Å²) < 4.78 is 43.8. The predicted octanol–water partition coefficient (Wildman–Crippen LogP) is 0.865. The van der Waals surface area contributed by atoms with Gasteiger partial charge in [0, 0.05) is 41.0 Å². The lowest BCUT2D eigenvalue weighted by Gasteiger charge is -2.24. The second kappa shape index (κ2) is 12.2. The highest BCUT2D eigenvalue weighted by Crippen LogP contribution is 2.48. The van der Waals surface area contributed by atoms with Crippen molar-refractivity contribution in [3.05, 3.63) is 0 Å². The molecule has 0 bridgehead atoms. The van der Waals surface area contributed by atoms with Crippen LogP contribution in [0.5, 0.6) is 0 Å². The highest BCUT2D eigenvalue weighted by atomic mass is 31.2. The zero-order valence-corrected chi connectivity index (χ0v) is 18.8. The second-order valence-corrected chi connectivity index (χ2v) is 11.4. The molecule has 12 heteroatoms. The van der Waals surface area contributed by atoms with E-state index in [0.717, 1.165) is 0 Å². The molecular formula is C14H34N2O8PSi+. The van der Waals surface area contributed by atoms with Crippen molar-refractivity contribution in [2.24, 2.45) is 0 Å². The van der Waals surface area contributed by atoms with Gasteiger partial charge >= 0.3 is 16.6 Å². The standard InChI is InChI=1S/C14H33N2O8PSi/c1-16(2,3)10-11-23-25(18,19-4)24-13-14(17)15-9-8-12-26(20-5,21-6)22-7/h8-13H2,1-7H3/p+1. The fraction of sp³-hybridized carbons (Fsp3) is 0.929. The smallest absolute Gasteiger partial charge is 0.377 e. The van der Waals surface area contributed by atoms with Crippen LogP contribution in [-0.4, -0.2) is 95.1 Å². The molecule has 0 rings (SSSR count).